The molecule has 4 aromatic rings. The van der Waals surface area contributed by atoms with Crippen LogP contribution in [0.1, 0.15) is 52.6 Å². The Bertz CT molecular complexity index is 1300. The number of carboxylic acid groups (broad SMARTS) is 2. The first-order chi connectivity index (χ1) is 18.4. The molecule has 0 heterocycles. The van der Waals surface area contributed by atoms with Crippen molar-refractivity contribution >= 4 is 23.9 Å². The number of esters is 2. The van der Waals surface area contributed by atoms with Gasteiger partial charge in [-0.15, -0.1) is 0 Å². The van der Waals surface area contributed by atoms with Gasteiger partial charge >= 0.3 is 31.4 Å². The molecule has 0 N–H and O–H groups in total. The number of ether oxygens (including phenoxy) is 2. The van der Waals surface area contributed by atoms with Gasteiger partial charge in [0.05, 0.1) is 23.1 Å². The number of carbonyl (C=O) groups is 4. The van der Waals surface area contributed by atoms with E-state index in [9.17, 15) is 29.4 Å². The molecule has 4 rings (SSSR count). The van der Waals surface area contributed by atoms with Crippen LogP contribution in [0, 0.1) is 0 Å². The largest absolute Gasteiger partial charge is 2.00 e. The van der Waals surface area contributed by atoms with Crippen molar-refractivity contribution in [3.8, 4) is 0 Å². The van der Waals surface area contributed by atoms with Crippen LogP contribution in [0.5, 0.6) is 0 Å². The number of benzene rings is 4. The summed E-state index contributed by atoms with van der Waals surface area (Å²) in [5, 5.41) is 21.8. The standard InChI is InChI=1S/2C15H12O4.Zn/c2*16-14(17)12-8-4-5-9-13(12)15(18)19-10-11-6-2-1-3-7-11;/h2*1-9H,10H2,(H,16,17);/q;;+2/p-2. The number of aromatic carboxylic acids is 2. The summed E-state index contributed by atoms with van der Waals surface area (Å²) in [6.07, 6.45) is 0. The van der Waals surface area contributed by atoms with Gasteiger partial charge in [-0.3, -0.25) is 0 Å². The summed E-state index contributed by atoms with van der Waals surface area (Å²) in [4.78, 5) is 45.4. The van der Waals surface area contributed by atoms with Gasteiger partial charge in [-0.2, -0.15) is 0 Å². The molecule has 0 saturated carbocycles. The SMILES string of the molecule is O=C([O-])c1ccccc1C(=O)OCc1ccccc1.O=C([O-])c1ccccc1C(=O)OCc1ccccc1.[Zn+2]. The van der Waals surface area contributed by atoms with Gasteiger partial charge in [-0.1, -0.05) is 97.1 Å². The molecule has 0 spiro atoms. The minimum absolute atomic E-state index is 0. The van der Waals surface area contributed by atoms with E-state index in [1.807, 2.05) is 60.7 Å². The second-order valence-electron chi connectivity index (χ2n) is 7.79. The first kappa shape index (κ1) is 30.6. The Labute approximate surface area is 237 Å². The Kier molecular flexibility index (Phi) is 12.2. The van der Waals surface area contributed by atoms with Crippen molar-refractivity contribution in [2.24, 2.45) is 0 Å². The molecule has 0 atom stereocenters. The molecule has 192 valence electrons. The Morgan fingerprint density at radius 1 is 0.462 bits per heavy atom. The molecule has 0 unspecified atom stereocenters. The molecule has 0 aliphatic carbocycles. The van der Waals surface area contributed by atoms with Gasteiger partial charge in [0, 0.05) is 11.1 Å². The van der Waals surface area contributed by atoms with Crippen molar-refractivity contribution in [2.45, 2.75) is 13.2 Å². The van der Waals surface area contributed by atoms with Crippen molar-refractivity contribution in [2.75, 3.05) is 0 Å². The maximum Gasteiger partial charge on any atom is 2.00 e. The number of rotatable bonds is 8. The predicted octanol–water partition coefficient (Wildman–Crippen LogP) is 2.81. The van der Waals surface area contributed by atoms with Crippen LogP contribution in [0.2, 0.25) is 0 Å². The van der Waals surface area contributed by atoms with Gasteiger partial charge in [0.15, 0.2) is 0 Å². The minimum atomic E-state index is -1.40. The summed E-state index contributed by atoms with van der Waals surface area (Å²) >= 11 is 0. The third-order valence-corrected chi connectivity index (χ3v) is 5.16. The van der Waals surface area contributed by atoms with Crippen LogP contribution >= 0.6 is 0 Å². The van der Waals surface area contributed by atoms with Gasteiger partial charge in [0.1, 0.15) is 13.2 Å². The molecule has 0 amide bonds. The van der Waals surface area contributed by atoms with E-state index < -0.39 is 23.9 Å². The van der Waals surface area contributed by atoms with E-state index in [2.05, 4.69) is 0 Å². The van der Waals surface area contributed by atoms with Crippen LogP contribution in [0.15, 0.2) is 109 Å². The molecule has 0 bridgehead atoms. The minimum Gasteiger partial charge on any atom is -0.545 e. The predicted molar refractivity (Wildman–Crippen MR) is 133 cm³/mol. The Balaban J connectivity index is 0.000000267. The zero-order chi connectivity index (χ0) is 27.3. The summed E-state index contributed by atoms with van der Waals surface area (Å²) in [7, 11) is 0. The van der Waals surface area contributed by atoms with Crippen LogP contribution in [-0.4, -0.2) is 23.9 Å². The van der Waals surface area contributed by atoms with Crippen LogP contribution in [0.4, 0.5) is 0 Å². The van der Waals surface area contributed by atoms with E-state index in [1.165, 1.54) is 36.4 Å². The fourth-order valence-corrected chi connectivity index (χ4v) is 3.28. The molecular weight excluding hydrogens is 554 g/mol. The fraction of sp³-hybridized carbons (Fsp3) is 0.0667. The van der Waals surface area contributed by atoms with Gasteiger partial charge in [-0.05, 0) is 23.3 Å². The van der Waals surface area contributed by atoms with Crippen molar-refractivity contribution < 1.29 is 58.3 Å². The molecule has 0 saturated heterocycles. The zero-order valence-corrected chi connectivity index (χ0v) is 23.7. The Morgan fingerprint density at radius 2 is 0.744 bits per heavy atom. The van der Waals surface area contributed by atoms with Crippen molar-refractivity contribution in [3.63, 3.8) is 0 Å². The van der Waals surface area contributed by atoms with Gasteiger partial charge in [0.2, 0.25) is 0 Å². The van der Waals surface area contributed by atoms with Crippen molar-refractivity contribution in [1.29, 1.82) is 0 Å². The molecule has 0 aliphatic rings. The second kappa shape index (κ2) is 15.6. The summed E-state index contributed by atoms with van der Waals surface area (Å²) in [6.45, 7) is 0.197. The monoisotopic (exact) mass is 574 g/mol. The van der Waals surface area contributed by atoms with Crippen molar-refractivity contribution in [1.82, 2.24) is 0 Å². The van der Waals surface area contributed by atoms with E-state index in [0.717, 1.165) is 11.1 Å². The molecule has 0 fully saturated rings. The Hall–Kier alpha value is -4.62. The maximum absolute atomic E-state index is 11.8. The first-order valence-corrected chi connectivity index (χ1v) is 11.4. The molecule has 8 nitrogen and oxygen atoms in total. The Morgan fingerprint density at radius 3 is 1.05 bits per heavy atom. The zero-order valence-electron chi connectivity index (χ0n) is 20.8. The van der Waals surface area contributed by atoms with Crippen LogP contribution in [0.25, 0.3) is 0 Å². The van der Waals surface area contributed by atoms with Gasteiger partial charge in [0.25, 0.3) is 0 Å². The van der Waals surface area contributed by atoms with Gasteiger partial charge < -0.3 is 29.3 Å². The maximum atomic E-state index is 11.8. The number of hydrogen-bond donors (Lipinski definition) is 0. The van der Waals surface area contributed by atoms with E-state index in [-0.39, 0.29) is 54.9 Å². The van der Waals surface area contributed by atoms with Gasteiger partial charge in [-0.25, -0.2) is 9.59 Å². The molecular formula is C30H22O8Zn. The van der Waals surface area contributed by atoms with Crippen LogP contribution in [0.3, 0.4) is 0 Å². The quantitative estimate of drug-likeness (QED) is 0.231. The smallest absolute Gasteiger partial charge is 0.545 e. The molecule has 0 radical (unpaired) electrons. The average Bonchev–Trinajstić information content (AvgIpc) is 2.96. The summed E-state index contributed by atoms with van der Waals surface area (Å²) in [5.74, 6) is -4.15. The normalized spacial score (nSPS) is 9.64. The van der Waals surface area contributed by atoms with E-state index in [0.29, 0.717) is 0 Å². The van der Waals surface area contributed by atoms with Crippen molar-refractivity contribution in [3.05, 3.63) is 143 Å². The molecule has 9 heteroatoms. The van der Waals surface area contributed by atoms with Crippen LogP contribution in [-0.2, 0) is 42.2 Å². The average molecular weight is 576 g/mol. The van der Waals surface area contributed by atoms with Crippen LogP contribution < -0.4 is 10.2 Å². The molecule has 4 aromatic carbocycles. The summed E-state index contributed by atoms with van der Waals surface area (Å²) < 4.78 is 10.1. The molecule has 0 aliphatic heterocycles. The second-order valence-corrected chi connectivity index (χ2v) is 7.79. The number of carboxylic acids is 2. The van der Waals surface area contributed by atoms with E-state index >= 15 is 0 Å². The fourth-order valence-electron chi connectivity index (χ4n) is 3.28. The topological polar surface area (TPSA) is 133 Å². The molecule has 0 aromatic heterocycles. The first-order valence-electron chi connectivity index (χ1n) is 11.4. The molecule has 39 heavy (non-hydrogen) atoms. The summed E-state index contributed by atoms with van der Waals surface area (Å²) in [6, 6.07) is 29.9. The number of hydrogen-bond acceptors (Lipinski definition) is 8. The third-order valence-electron chi connectivity index (χ3n) is 5.16. The van der Waals surface area contributed by atoms with E-state index in [4.69, 9.17) is 9.47 Å². The number of carbonyl (C=O) groups excluding carboxylic acids is 4. The summed E-state index contributed by atoms with van der Waals surface area (Å²) in [5.41, 5.74) is 1.33. The third kappa shape index (κ3) is 9.32. The van der Waals surface area contributed by atoms with E-state index in [1.54, 1.807) is 12.1 Å².